The molecular weight excluding hydrogens is 222 g/mol. The van der Waals surface area contributed by atoms with E-state index in [1.807, 2.05) is 0 Å². The van der Waals surface area contributed by atoms with E-state index in [4.69, 9.17) is 5.11 Å². The van der Waals surface area contributed by atoms with Gasteiger partial charge in [0, 0.05) is 30.1 Å². The van der Waals surface area contributed by atoms with Crippen LogP contribution < -0.4 is 5.32 Å². The van der Waals surface area contributed by atoms with E-state index in [1.165, 1.54) is 24.4 Å². The molecule has 0 bridgehead atoms. The lowest BCUT2D eigenvalue weighted by Gasteiger charge is -2.20. The molecule has 1 aliphatic carbocycles. The van der Waals surface area contributed by atoms with Crippen LogP contribution in [0.25, 0.3) is 0 Å². The Morgan fingerprint density at radius 1 is 1.50 bits per heavy atom. The highest BCUT2D eigenvalue weighted by Crippen LogP contribution is 2.39. The summed E-state index contributed by atoms with van der Waals surface area (Å²) in [6.07, 6.45) is 3.23. The van der Waals surface area contributed by atoms with Gasteiger partial charge in [0.2, 0.25) is 5.13 Å². The monoisotopic (exact) mass is 241 g/mol. The molecule has 1 atom stereocenters. The average Bonchev–Trinajstić information content (AvgIpc) is 2.99. The van der Waals surface area contributed by atoms with Crippen LogP contribution in [0.15, 0.2) is 0 Å². The first-order valence-corrected chi connectivity index (χ1v) is 6.69. The van der Waals surface area contributed by atoms with Gasteiger partial charge in [-0.15, -0.1) is 0 Å². The molecule has 0 aromatic carbocycles. The summed E-state index contributed by atoms with van der Waals surface area (Å²) in [5.41, 5.74) is 0. The first kappa shape index (κ1) is 11.8. The summed E-state index contributed by atoms with van der Waals surface area (Å²) in [5.74, 6) is 2.10. The Hall–Kier alpha value is -0.680. The summed E-state index contributed by atoms with van der Waals surface area (Å²) < 4.78 is 4.36. The zero-order chi connectivity index (χ0) is 11.5. The lowest BCUT2D eigenvalue weighted by atomic mass is 10.0. The molecule has 2 rings (SSSR count). The molecule has 0 aliphatic heterocycles. The number of anilines is 1. The molecule has 0 radical (unpaired) electrons. The van der Waals surface area contributed by atoms with E-state index in [-0.39, 0.29) is 12.6 Å². The topological polar surface area (TPSA) is 58.0 Å². The maximum absolute atomic E-state index is 8.99. The van der Waals surface area contributed by atoms with Crippen molar-refractivity contribution in [3.8, 4) is 0 Å². The van der Waals surface area contributed by atoms with Gasteiger partial charge in [0.15, 0.2) is 0 Å². The van der Waals surface area contributed by atoms with Gasteiger partial charge in [-0.05, 0) is 25.2 Å². The maximum Gasteiger partial charge on any atom is 0.202 e. The standard InChI is InChI=1S/C11H19N3OS/c1-7(2)9(5-6-15)12-11-13-10(14-16-11)8-3-4-8/h7-9,15H,3-6H2,1-2H3,(H,12,13,14). The predicted molar refractivity (Wildman–Crippen MR) is 65.8 cm³/mol. The Morgan fingerprint density at radius 2 is 2.25 bits per heavy atom. The fourth-order valence-corrected chi connectivity index (χ4v) is 2.38. The van der Waals surface area contributed by atoms with E-state index < -0.39 is 0 Å². The van der Waals surface area contributed by atoms with Gasteiger partial charge >= 0.3 is 0 Å². The SMILES string of the molecule is CC(C)C(CCO)Nc1nc(C2CC2)ns1. The van der Waals surface area contributed by atoms with Gasteiger partial charge in [-0.25, -0.2) is 4.98 Å². The molecule has 4 nitrogen and oxygen atoms in total. The van der Waals surface area contributed by atoms with Crippen LogP contribution in [0.1, 0.15) is 44.9 Å². The Kier molecular flexibility index (Phi) is 3.76. The van der Waals surface area contributed by atoms with Gasteiger partial charge in [-0.1, -0.05) is 13.8 Å². The van der Waals surface area contributed by atoms with E-state index in [9.17, 15) is 0 Å². The summed E-state index contributed by atoms with van der Waals surface area (Å²) in [6.45, 7) is 4.51. The second-order valence-electron chi connectivity index (χ2n) is 4.74. The van der Waals surface area contributed by atoms with E-state index in [2.05, 4.69) is 28.5 Å². The summed E-state index contributed by atoms with van der Waals surface area (Å²) in [4.78, 5) is 4.49. The van der Waals surface area contributed by atoms with Gasteiger partial charge in [0.05, 0.1) is 0 Å². The molecular formula is C11H19N3OS. The third kappa shape index (κ3) is 2.92. The molecule has 90 valence electrons. The second kappa shape index (κ2) is 5.10. The molecule has 1 aromatic rings. The highest BCUT2D eigenvalue weighted by atomic mass is 32.1. The van der Waals surface area contributed by atoms with Crippen LogP contribution in [-0.4, -0.2) is 27.1 Å². The molecule has 1 unspecified atom stereocenters. The first-order chi connectivity index (χ1) is 7.70. The normalized spacial score (nSPS) is 17.8. The van der Waals surface area contributed by atoms with E-state index in [0.29, 0.717) is 11.8 Å². The van der Waals surface area contributed by atoms with Gasteiger partial charge in [0.25, 0.3) is 0 Å². The minimum absolute atomic E-state index is 0.212. The van der Waals surface area contributed by atoms with E-state index in [0.717, 1.165) is 17.4 Å². The van der Waals surface area contributed by atoms with Crippen molar-refractivity contribution in [2.45, 2.75) is 45.1 Å². The number of aromatic nitrogens is 2. The first-order valence-electron chi connectivity index (χ1n) is 5.91. The fraction of sp³-hybridized carbons (Fsp3) is 0.818. The molecule has 1 aromatic heterocycles. The lowest BCUT2D eigenvalue weighted by Crippen LogP contribution is -2.26. The minimum atomic E-state index is 0.212. The summed E-state index contributed by atoms with van der Waals surface area (Å²) in [7, 11) is 0. The number of hydrogen-bond acceptors (Lipinski definition) is 5. The average molecular weight is 241 g/mol. The third-order valence-corrected chi connectivity index (χ3v) is 3.60. The number of aliphatic hydroxyl groups excluding tert-OH is 1. The molecule has 1 aliphatic rings. The number of hydrogen-bond donors (Lipinski definition) is 2. The number of nitrogens with zero attached hydrogens (tertiary/aromatic N) is 2. The van der Waals surface area contributed by atoms with Crippen LogP contribution in [0.3, 0.4) is 0 Å². The number of aliphatic hydroxyl groups is 1. The number of nitrogens with one attached hydrogen (secondary N) is 1. The molecule has 2 N–H and O–H groups in total. The van der Waals surface area contributed by atoms with Crippen molar-refractivity contribution in [1.82, 2.24) is 9.36 Å². The van der Waals surface area contributed by atoms with Crippen LogP contribution in [0, 0.1) is 5.92 Å². The molecule has 0 saturated heterocycles. The molecule has 1 fully saturated rings. The largest absolute Gasteiger partial charge is 0.396 e. The van der Waals surface area contributed by atoms with Crippen molar-refractivity contribution in [2.24, 2.45) is 5.92 Å². The Morgan fingerprint density at radius 3 is 2.81 bits per heavy atom. The highest BCUT2D eigenvalue weighted by molar-refractivity contribution is 7.09. The van der Waals surface area contributed by atoms with Crippen LogP contribution >= 0.6 is 11.5 Å². The van der Waals surface area contributed by atoms with Gasteiger partial charge < -0.3 is 10.4 Å². The van der Waals surface area contributed by atoms with Crippen molar-refractivity contribution < 1.29 is 5.11 Å². The van der Waals surface area contributed by atoms with Crippen LogP contribution in [-0.2, 0) is 0 Å². The fourth-order valence-electron chi connectivity index (χ4n) is 1.67. The molecule has 0 amide bonds. The third-order valence-electron chi connectivity index (χ3n) is 2.94. The second-order valence-corrected chi connectivity index (χ2v) is 5.49. The summed E-state index contributed by atoms with van der Waals surface area (Å²) >= 11 is 1.44. The van der Waals surface area contributed by atoms with Crippen LogP contribution in [0.2, 0.25) is 0 Å². The van der Waals surface area contributed by atoms with Crippen molar-refractivity contribution in [1.29, 1.82) is 0 Å². The molecule has 5 heteroatoms. The molecule has 0 spiro atoms. The summed E-state index contributed by atoms with van der Waals surface area (Å²) in [5, 5.41) is 13.3. The van der Waals surface area contributed by atoms with Crippen LogP contribution in [0.4, 0.5) is 5.13 Å². The Balaban J connectivity index is 1.94. The van der Waals surface area contributed by atoms with Gasteiger partial charge in [0.1, 0.15) is 5.82 Å². The van der Waals surface area contributed by atoms with Crippen molar-refractivity contribution in [3.63, 3.8) is 0 Å². The van der Waals surface area contributed by atoms with Gasteiger partial charge in [-0.2, -0.15) is 4.37 Å². The molecule has 1 saturated carbocycles. The summed E-state index contributed by atoms with van der Waals surface area (Å²) in [6, 6.07) is 0.282. The predicted octanol–water partition coefficient (Wildman–Crippen LogP) is 2.23. The number of rotatable bonds is 6. The zero-order valence-corrected chi connectivity index (χ0v) is 10.6. The maximum atomic E-state index is 8.99. The minimum Gasteiger partial charge on any atom is -0.396 e. The van der Waals surface area contributed by atoms with Gasteiger partial charge in [-0.3, -0.25) is 0 Å². The smallest absolute Gasteiger partial charge is 0.202 e. The zero-order valence-electron chi connectivity index (χ0n) is 9.81. The van der Waals surface area contributed by atoms with E-state index in [1.54, 1.807) is 0 Å². The van der Waals surface area contributed by atoms with Crippen molar-refractivity contribution >= 4 is 16.7 Å². The lowest BCUT2D eigenvalue weighted by molar-refractivity contribution is 0.267. The molecule has 16 heavy (non-hydrogen) atoms. The van der Waals surface area contributed by atoms with Crippen LogP contribution in [0.5, 0.6) is 0 Å². The Bertz CT molecular complexity index is 336. The van der Waals surface area contributed by atoms with E-state index >= 15 is 0 Å². The Labute approximate surface area is 100 Å². The molecule has 1 heterocycles. The van der Waals surface area contributed by atoms with Crippen molar-refractivity contribution in [2.75, 3.05) is 11.9 Å². The quantitative estimate of drug-likeness (QED) is 0.802. The highest BCUT2D eigenvalue weighted by Gasteiger charge is 2.28. The van der Waals surface area contributed by atoms with Crippen molar-refractivity contribution in [3.05, 3.63) is 5.82 Å².